The number of piperidine rings is 1. The fraction of sp³-hybridized carbons (Fsp3) is 0.500. The Kier molecular flexibility index (Phi) is 5.29. The van der Waals surface area contributed by atoms with Crippen LogP contribution in [0, 0.1) is 13.8 Å². The lowest BCUT2D eigenvalue weighted by atomic mass is 10.1. The summed E-state index contributed by atoms with van der Waals surface area (Å²) in [5.74, 6) is 0.903. The molecule has 0 bridgehead atoms. The molecule has 140 valence electrons. The highest BCUT2D eigenvalue weighted by molar-refractivity contribution is 5.91. The first-order valence-electron chi connectivity index (χ1n) is 8.72. The lowest BCUT2D eigenvalue weighted by Gasteiger charge is -2.33. The normalized spacial score (nSPS) is 17.2. The highest BCUT2D eigenvalue weighted by Crippen LogP contribution is 2.16. The molecule has 0 radical (unpaired) electrons. The average molecular weight is 360 g/mol. The molecule has 26 heavy (non-hydrogen) atoms. The predicted octanol–water partition coefficient (Wildman–Crippen LogP) is 2.33. The summed E-state index contributed by atoms with van der Waals surface area (Å²) >= 11 is 0. The molecule has 0 spiro atoms. The van der Waals surface area contributed by atoms with Crippen molar-refractivity contribution in [2.24, 2.45) is 0 Å². The maximum absolute atomic E-state index is 12.5. The molecule has 1 atom stereocenters. The van der Waals surface area contributed by atoms with Crippen LogP contribution in [0.2, 0.25) is 0 Å². The van der Waals surface area contributed by atoms with Gasteiger partial charge in [-0.2, -0.15) is 0 Å². The Morgan fingerprint density at radius 1 is 1.42 bits per heavy atom. The lowest BCUT2D eigenvalue weighted by molar-refractivity contribution is 0.0663. The number of rotatable bonds is 4. The fourth-order valence-electron chi connectivity index (χ4n) is 3.16. The third kappa shape index (κ3) is 3.89. The Labute approximate surface area is 152 Å². The zero-order valence-corrected chi connectivity index (χ0v) is 15.3. The van der Waals surface area contributed by atoms with Crippen molar-refractivity contribution >= 4 is 11.9 Å². The highest BCUT2D eigenvalue weighted by atomic mass is 16.5. The lowest BCUT2D eigenvalue weighted by Crippen LogP contribution is -2.52. The van der Waals surface area contributed by atoms with Gasteiger partial charge in [-0.25, -0.2) is 4.79 Å². The third-order valence-corrected chi connectivity index (χ3v) is 4.69. The molecule has 1 unspecified atom stereocenters. The van der Waals surface area contributed by atoms with Crippen LogP contribution < -0.4 is 5.32 Å². The molecule has 1 aliphatic heterocycles. The number of nitrogens with one attached hydrogen (secondary N) is 1. The van der Waals surface area contributed by atoms with Gasteiger partial charge in [-0.3, -0.25) is 4.79 Å². The Balaban J connectivity index is 1.56. The third-order valence-electron chi connectivity index (χ3n) is 4.69. The Bertz CT molecular complexity index is 749. The van der Waals surface area contributed by atoms with Crippen LogP contribution >= 0.6 is 0 Å². The van der Waals surface area contributed by atoms with Gasteiger partial charge in [0.2, 0.25) is 0 Å². The monoisotopic (exact) mass is 360 g/mol. The molecule has 1 N–H and O–H groups in total. The average Bonchev–Trinajstić information content (AvgIpc) is 3.27. The van der Waals surface area contributed by atoms with Gasteiger partial charge in [-0.05, 0) is 38.8 Å². The molecule has 1 aliphatic rings. The van der Waals surface area contributed by atoms with E-state index in [2.05, 4.69) is 10.5 Å². The summed E-state index contributed by atoms with van der Waals surface area (Å²) in [7, 11) is 1.73. The SMILES string of the molecule is Cc1noc(C)c1CN(C)C(=O)NC1CCCN(C(=O)c2ccco2)C1. The minimum Gasteiger partial charge on any atom is -0.459 e. The number of aromatic nitrogens is 1. The largest absolute Gasteiger partial charge is 0.459 e. The van der Waals surface area contributed by atoms with Gasteiger partial charge >= 0.3 is 6.03 Å². The zero-order valence-electron chi connectivity index (χ0n) is 15.3. The van der Waals surface area contributed by atoms with Gasteiger partial charge in [0.25, 0.3) is 5.91 Å². The van der Waals surface area contributed by atoms with Crippen molar-refractivity contribution in [1.82, 2.24) is 20.3 Å². The number of nitrogens with zero attached hydrogens (tertiary/aromatic N) is 3. The van der Waals surface area contributed by atoms with Crippen molar-refractivity contribution in [3.05, 3.63) is 41.2 Å². The van der Waals surface area contributed by atoms with Crippen molar-refractivity contribution in [3.8, 4) is 0 Å². The van der Waals surface area contributed by atoms with Crippen LogP contribution in [0.25, 0.3) is 0 Å². The second-order valence-corrected chi connectivity index (χ2v) is 6.68. The van der Waals surface area contributed by atoms with E-state index in [-0.39, 0.29) is 18.0 Å². The predicted molar refractivity (Wildman–Crippen MR) is 93.6 cm³/mol. The summed E-state index contributed by atoms with van der Waals surface area (Å²) in [5, 5.41) is 6.92. The molecular formula is C18H24N4O4. The van der Waals surface area contributed by atoms with Crippen LogP contribution in [0.1, 0.15) is 40.4 Å². The van der Waals surface area contributed by atoms with Crippen LogP contribution in [0.15, 0.2) is 27.3 Å². The van der Waals surface area contributed by atoms with E-state index >= 15 is 0 Å². The van der Waals surface area contributed by atoms with Crippen molar-refractivity contribution in [3.63, 3.8) is 0 Å². The van der Waals surface area contributed by atoms with E-state index in [1.165, 1.54) is 6.26 Å². The van der Waals surface area contributed by atoms with Gasteiger partial charge in [0.1, 0.15) is 5.76 Å². The summed E-state index contributed by atoms with van der Waals surface area (Å²) in [6.07, 6.45) is 3.16. The van der Waals surface area contributed by atoms with E-state index in [0.29, 0.717) is 25.4 Å². The molecule has 2 aromatic heterocycles. The Hall–Kier alpha value is -2.77. The van der Waals surface area contributed by atoms with Crippen LogP contribution in [-0.2, 0) is 6.54 Å². The Morgan fingerprint density at radius 2 is 2.23 bits per heavy atom. The first-order chi connectivity index (χ1) is 12.5. The van der Waals surface area contributed by atoms with Crippen molar-refractivity contribution in [2.75, 3.05) is 20.1 Å². The van der Waals surface area contributed by atoms with E-state index in [0.717, 1.165) is 29.9 Å². The van der Waals surface area contributed by atoms with Gasteiger partial charge in [-0.1, -0.05) is 5.16 Å². The van der Waals surface area contributed by atoms with Crippen LogP contribution in [0.3, 0.4) is 0 Å². The standard InChI is InChI=1S/C18H24N4O4/c1-12-15(13(2)26-20-12)11-21(3)18(24)19-14-6-4-8-22(10-14)17(23)16-7-5-9-25-16/h5,7,9,14H,4,6,8,10-11H2,1-3H3,(H,19,24). The molecule has 1 fully saturated rings. The van der Waals surface area contributed by atoms with Gasteiger partial charge < -0.3 is 24.1 Å². The van der Waals surface area contributed by atoms with E-state index < -0.39 is 0 Å². The van der Waals surface area contributed by atoms with E-state index in [9.17, 15) is 9.59 Å². The number of hydrogen-bond acceptors (Lipinski definition) is 5. The molecule has 8 nitrogen and oxygen atoms in total. The minimum atomic E-state index is -0.178. The van der Waals surface area contributed by atoms with Crippen LogP contribution in [-0.4, -0.2) is 53.1 Å². The number of carbonyl (C=O) groups is 2. The molecule has 0 aromatic carbocycles. The van der Waals surface area contributed by atoms with Crippen LogP contribution in [0.4, 0.5) is 4.79 Å². The second kappa shape index (κ2) is 7.63. The number of amides is 3. The van der Waals surface area contributed by atoms with Crippen LogP contribution in [0.5, 0.6) is 0 Å². The smallest absolute Gasteiger partial charge is 0.317 e. The molecule has 0 saturated carbocycles. The summed E-state index contributed by atoms with van der Waals surface area (Å²) in [6, 6.07) is 3.09. The molecule has 3 rings (SSSR count). The molecular weight excluding hydrogens is 336 g/mol. The maximum Gasteiger partial charge on any atom is 0.317 e. The first kappa shape index (κ1) is 18.0. The molecule has 8 heteroatoms. The molecule has 2 aromatic rings. The fourth-order valence-corrected chi connectivity index (χ4v) is 3.16. The summed E-state index contributed by atoms with van der Waals surface area (Å²) in [5.41, 5.74) is 1.70. The molecule has 0 aliphatic carbocycles. The number of furan rings is 1. The summed E-state index contributed by atoms with van der Waals surface area (Å²) < 4.78 is 10.3. The first-order valence-corrected chi connectivity index (χ1v) is 8.72. The van der Waals surface area contributed by atoms with Gasteiger partial charge in [0, 0.05) is 31.7 Å². The Morgan fingerprint density at radius 3 is 2.88 bits per heavy atom. The molecule has 3 amide bonds. The van der Waals surface area contributed by atoms with E-state index in [1.807, 2.05) is 13.8 Å². The zero-order chi connectivity index (χ0) is 18.7. The van der Waals surface area contributed by atoms with E-state index in [1.54, 1.807) is 29.0 Å². The summed E-state index contributed by atoms with van der Waals surface area (Å²) in [4.78, 5) is 28.2. The highest BCUT2D eigenvalue weighted by Gasteiger charge is 2.27. The molecule has 3 heterocycles. The van der Waals surface area contributed by atoms with Gasteiger partial charge in [-0.15, -0.1) is 0 Å². The number of urea groups is 1. The van der Waals surface area contributed by atoms with Crippen molar-refractivity contribution < 1.29 is 18.5 Å². The number of likely N-dealkylation sites (tertiary alicyclic amines) is 1. The van der Waals surface area contributed by atoms with Gasteiger partial charge in [0.15, 0.2) is 5.76 Å². The second-order valence-electron chi connectivity index (χ2n) is 6.68. The van der Waals surface area contributed by atoms with Crippen molar-refractivity contribution in [1.29, 1.82) is 0 Å². The summed E-state index contributed by atoms with van der Waals surface area (Å²) in [6.45, 7) is 5.26. The molecule has 1 saturated heterocycles. The van der Waals surface area contributed by atoms with E-state index in [4.69, 9.17) is 8.94 Å². The minimum absolute atomic E-state index is 0.0812. The quantitative estimate of drug-likeness (QED) is 0.903. The number of hydrogen-bond donors (Lipinski definition) is 1. The van der Waals surface area contributed by atoms with Gasteiger partial charge in [0.05, 0.1) is 18.5 Å². The maximum atomic E-state index is 12.5. The number of aryl methyl sites for hydroxylation is 2. The number of carbonyl (C=O) groups excluding carboxylic acids is 2. The topological polar surface area (TPSA) is 91.8 Å². The van der Waals surface area contributed by atoms with Crippen molar-refractivity contribution in [2.45, 2.75) is 39.3 Å².